The molecular formula is C7H7ClN2O5S2. The molecule has 1 heterocycles. The van der Waals surface area contributed by atoms with E-state index in [4.69, 9.17) is 11.6 Å². The highest BCUT2D eigenvalue weighted by atomic mass is 35.5. The van der Waals surface area contributed by atoms with Crippen molar-refractivity contribution in [3.63, 3.8) is 0 Å². The van der Waals surface area contributed by atoms with Gasteiger partial charge in [0.25, 0.3) is 15.7 Å². The van der Waals surface area contributed by atoms with Crippen molar-refractivity contribution in [1.29, 1.82) is 0 Å². The van der Waals surface area contributed by atoms with Gasteiger partial charge in [-0.05, 0) is 6.92 Å². The van der Waals surface area contributed by atoms with Crippen LogP contribution < -0.4 is 4.72 Å². The molecular weight excluding hydrogens is 292 g/mol. The minimum Gasteiger partial charge on any atom is -0.299 e. The lowest BCUT2D eigenvalue weighted by Crippen LogP contribution is -2.27. The second-order valence-electron chi connectivity index (χ2n) is 3.01. The molecule has 0 atom stereocenters. The molecule has 1 rings (SSSR count). The number of sulfonamides is 1. The second kappa shape index (κ2) is 5.08. The normalized spacial score (nSPS) is 11.4. The van der Waals surface area contributed by atoms with Gasteiger partial charge in [0, 0.05) is 6.07 Å². The van der Waals surface area contributed by atoms with Crippen molar-refractivity contribution in [2.45, 2.75) is 11.1 Å². The summed E-state index contributed by atoms with van der Waals surface area (Å²) >= 11 is 6.09. The molecule has 17 heavy (non-hydrogen) atoms. The summed E-state index contributed by atoms with van der Waals surface area (Å²) in [6, 6.07) is 0.857. The average molecular weight is 299 g/mol. The lowest BCUT2D eigenvalue weighted by molar-refractivity contribution is -0.384. The zero-order chi connectivity index (χ0) is 13.2. The van der Waals surface area contributed by atoms with E-state index in [1.54, 1.807) is 0 Å². The van der Waals surface area contributed by atoms with Gasteiger partial charge in [-0.15, -0.1) is 11.3 Å². The fraction of sp³-hybridized carbons (Fsp3) is 0.286. The summed E-state index contributed by atoms with van der Waals surface area (Å²) in [4.78, 5) is 20.4. The largest absolute Gasteiger partial charge is 0.300 e. The highest BCUT2D eigenvalue weighted by molar-refractivity contribution is 7.91. The minimum atomic E-state index is -3.93. The van der Waals surface area contributed by atoms with Crippen LogP contribution in [0.1, 0.15) is 6.92 Å². The number of nitro groups is 1. The number of hydrogen-bond acceptors (Lipinski definition) is 6. The minimum absolute atomic E-state index is 0.224. The third-order valence-electron chi connectivity index (χ3n) is 1.62. The van der Waals surface area contributed by atoms with Crippen LogP contribution in [-0.2, 0) is 14.8 Å². The molecule has 0 aliphatic carbocycles. The van der Waals surface area contributed by atoms with Gasteiger partial charge in [-0.3, -0.25) is 14.9 Å². The number of carbonyl (C=O) groups is 1. The lowest BCUT2D eigenvalue weighted by atomic mass is 10.5. The number of rotatable bonds is 5. The molecule has 0 amide bonds. The van der Waals surface area contributed by atoms with E-state index in [1.807, 2.05) is 4.72 Å². The molecule has 1 N–H and O–H groups in total. The molecule has 0 saturated carbocycles. The summed E-state index contributed by atoms with van der Waals surface area (Å²) in [5.74, 6) is -0.370. The Morgan fingerprint density at radius 2 is 2.24 bits per heavy atom. The second-order valence-corrected chi connectivity index (χ2v) is 6.66. The van der Waals surface area contributed by atoms with Crippen molar-refractivity contribution in [2.24, 2.45) is 0 Å². The van der Waals surface area contributed by atoms with E-state index in [9.17, 15) is 23.3 Å². The van der Waals surface area contributed by atoms with Crippen LogP contribution in [0.25, 0.3) is 0 Å². The van der Waals surface area contributed by atoms with Gasteiger partial charge in [0.2, 0.25) is 0 Å². The van der Waals surface area contributed by atoms with E-state index in [2.05, 4.69) is 0 Å². The maximum absolute atomic E-state index is 11.6. The van der Waals surface area contributed by atoms with Crippen molar-refractivity contribution in [3.05, 3.63) is 20.5 Å². The van der Waals surface area contributed by atoms with Crippen LogP contribution in [0.3, 0.4) is 0 Å². The number of hydrogen-bond donors (Lipinski definition) is 1. The third kappa shape index (κ3) is 3.46. The lowest BCUT2D eigenvalue weighted by Gasteiger charge is -2.00. The Kier molecular flexibility index (Phi) is 4.20. The predicted octanol–water partition coefficient (Wildman–Crippen LogP) is 1.18. The summed E-state index contributed by atoms with van der Waals surface area (Å²) in [6.07, 6.45) is 0. The zero-order valence-corrected chi connectivity index (χ0v) is 10.9. The molecule has 0 radical (unpaired) electrons. The van der Waals surface area contributed by atoms with Gasteiger partial charge < -0.3 is 0 Å². The fourth-order valence-electron chi connectivity index (χ4n) is 0.863. The van der Waals surface area contributed by atoms with Crippen molar-refractivity contribution < 1.29 is 18.1 Å². The summed E-state index contributed by atoms with van der Waals surface area (Å²) in [5, 5.41) is 10.5. The molecule has 1 aromatic heterocycles. The number of Topliss-reactive ketones (excluding diaryl/α,β-unsaturated/α-hetero) is 1. The molecule has 0 aromatic carbocycles. The van der Waals surface area contributed by atoms with Crippen LogP contribution in [0.15, 0.2) is 10.3 Å². The topological polar surface area (TPSA) is 106 Å². The Balaban J connectivity index is 3.04. The van der Waals surface area contributed by atoms with Crippen LogP contribution in [0.2, 0.25) is 4.34 Å². The predicted molar refractivity (Wildman–Crippen MR) is 61.9 cm³/mol. The van der Waals surface area contributed by atoms with E-state index in [0.717, 1.165) is 6.07 Å². The maximum atomic E-state index is 11.6. The molecule has 10 heteroatoms. The van der Waals surface area contributed by atoms with Crippen LogP contribution in [0.5, 0.6) is 0 Å². The Morgan fingerprint density at radius 3 is 2.65 bits per heavy atom. The van der Waals surface area contributed by atoms with Crippen molar-refractivity contribution >= 4 is 44.4 Å². The van der Waals surface area contributed by atoms with Crippen molar-refractivity contribution in [3.8, 4) is 0 Å². The molecule has 0 unspecified atom stereocenters. The van der Waals surface area contributed by atoms with Gasteiger partial charge in [-0.25, -0.2) is 13.1 Å². The summed E-state index contributed by atoms with van der Waals surface area (Å²) in [6.45, 7) is 0.845. The molecule has 7 nitrogen and oxygen atoms in total. The standard InChI is InChI=1S/C7H7ClN2O5S2/c1-4(11)3-9-17(14,15)6-2-5(10(12)13)7(8)16-6/h2,9H,3H2,1H3. The number of thiophene rings is 1. The molecule has 0 fully saturated rings. The van der Waals surface area contributed by atoms with Gasteiger partial charge in [0.1, 0.15) is 9.99 Å². The number of nitrogens with zero attached hydrogens (tertiary/aromatic N) is 1. The fourth-order valence-corrected chi connectivity index (χ4v) is 3.63. The zero-order valence-electron chi connectivity index (χ0n) is 8.47. The van der Waals surface area contributed by atoms with E-state index >= 15 is 0 Å². The number of carbonyl (C=O) groups excluding carboxylic acids is 1. The number of halogens is 1. The Morgan fingerprint density at radius 1 is 1.65 bits per heavy atom. The van der Waals surface area contributed by atoms with E-state index < -0.39 is 20.6 Å². The first kappa shape index (κ1) is 14.0. The molecule has 0 saturated heterocycles. The Labute approximate surface area is 106 Å². The highest BCUT2D eigenvalue weighted by Crippen LogP contribution is 2.35. The van der Waals surface area contributed by atoms with Gasteiger partial charge >= 0.3 is 0 Å². The van der Waals surface area contributed by atoms with E-state index in [0.29, 0.717) is 11.3 Å². The van der Waals surface area contributed by atoms with Crippen LogP contribution in [0, 0.1) is 10.1 Å². The summed E-state index contributed by atoms with van der Waals surface area (Å²) in [7, 11) is -3.93. The Hall–Kier alpha value is -1.03. The van der Waals surface area contributed by atoms with E-state index in [-0.39, 0.29) is 20.9 Å². The number of ketones is 1. The SMILES string of the molecule is CC(=O)CNS(=O)(=O)c1cc([N+](=O)[O-])c(Cl)s1. The maximum Gasteiger partial charge on any atom is 0.300 e. The smallest absolute Gasteiger partial charge is 0.299 e. The summed E-state index contributed by atoms with van der Waals surface area (Å²) in [5.41, 5.74) is -0.472. The molecule has 0 bridgehead atoms. The first-order chi connectivity index (χ1) is 7.74. The quantitative estimate of drug-likeness (QED) is 0.649. The van der Waals surface area contributed by atoms with Gasteiger partial charge in [-0.1, -0.05) is 11.6 Å². The van der Waals surface area contributed by atoms with Gasteiger partial charge in [0.05, 0.1) is 11.5 Å². The van der Waals surface area contributed by atoms with Crippen LogP contribution in [-0.4, -0.2) is 25.7 Å². The third-order valence-corrected chi connectivity index (χ3v) is 4.83. The van der Waals surface area contributed by atoms with Gasteiger partial charge in [-0.2, -0.15) is 0 Å². The molecule has 0 spiro atoms. The van der Waals surface area contributed by atoms with Crippen LogP contribution >= 0.6 is 22.9 Å². The average Bonchev–Trinajstić information content (AvgIpc) is 2.58. The highest BCUT2D eigenvalue weighted by Gasteiger charge is 2.25. The first-order valence-corrected chi connectivity index (χ1v) is 6.84. The number of nitrogens with one attached hydrogen (secondary N) is 1. The molecule has 94 valence electrons. The summed E-state index contributed by atoms with van der Waals surface area (Å²) < 4.78 is 24.7. The monoisotopic (exact) mass is 298 g/mol. The van der Waals surface area contributed by atoms with Gasteiger partial charge in [0.15, 0.2) is 4.34 Å². The van der Waals surface area contributed by atoms with Crippen molar-refractivity contribution in [1.82, 2.24) is 4.72 Å². The molecule has 0 aliphatic heterocycles. The van der Waals surface area contributed by atoms with Crippen molar-refractivity contribution in [2.75, 3.05) is 6.54 Å². The van der Waals surface area contributed by atoms with Crippen LogP contribution in [0.4, 0.5) is 5.69 Å². The van der Waals surface area contributed by atoms with E-state index in [1.165, 1.54) is 6.92 Å². The Bertz CT molecular complexity index is 565. The molecule has 0 aliphatic rings. The molecule has 1 aromatic rings. The first-order valence-electron chi connectivity index (χ1n) is 4.17.